The van der Waals surface area contributed by atoms with Gasteiger partial charge in [-0.3, -0.25) is 4.90 Å². The second-order valence-corrected chi connectivity index (χ2v) is 8.36. The van der Waals surface area contributed by atoms with Crippen LogP contribution in [-0.4, -0.2) is 62.8 Å². The Labute approximate surface area is 204 Å². The third-order valence-corrected chi connectivity index (χ3v) is 6.09. The molecule has 1 atom stereocenters. The molecule has 1 unspecified atom stereocenters. The van der Waals surface area contributed by atoms with Crippen molar-refractivity contribution in [3.05, 3.63) is 71.2 Å². The van der Waals surface area contributed by atoms with Crippen molar-refractivity contribution in [1.29, 1.82) is 0 Å². The third kappa shape index (κ3) is 5.74. The number of nitrogens with zero attached hydrogens (tertiary/aromatic N) is 2. The Hall–Kier alpha value is -3.59. The van der Waals surface area contributed by atoms with Crippen LogP contribution in [0.2, 0.25) is 0 Å². The molecule has 2 aromatic rings. The molecule has 2 N–H and O–H groups in total. The van der Waals surface area contributed by atoms with Crippen molar-refractivity contribution < 1.29 is 23.5 Å². The fourth-order valence-corrected chi connectivity index (χ4v) is 4.50. The van der Waals surface area contributed by atoms with Crippen LogP contribution in [0.3, 0.4) is 0 Å². The molecule has 2 aliphatic rings. The molecule has 0 aliphatic carbocycles. The van der Waals surface area contributed by atoms with E-state index < -0.39 is 23.9 Å². The quantitative estimate of drug-likeness (QED) is 0.563. The SMILES string of the molecule is CCOC(=O)C1=C(CN2CCN(c3ccccc3OCC)CC2)NC(=O)NC1c1cccc(F)c1. The van der Waals surface area contributed by atoms with Crippen LogP contribution >= 0.6 is 0 Å². The maximum absolute atomic E-state index is 13.9. The Morgan fingerprint density at radius 1 is 1.06 bits per heavy atom. The Balaban J connectivity index is 1.55. The van der Waals surface area contributed by atoms with E-state index in [0.717, 1.165) is 37.6 Å². The van der Waals surface area contributed by atoms with Crippen LogP contribution in [0.25, 0.3) is 0 Å². The largest absolute Gasteiger partial charge is 0.492 e. The summed E-state index contributed by atoms with van der Waals surface area (Å²) >= 11 is 0. The number of carbonyl (C=O) groups is 2. The van der Waals surface area contributed by atoms with Gasteiger partial charge in [-0.05, 0) is 43.7 Å². The van der Waals surface area contributed by atoms with E-state index in [1.54, 1.807) is 19.1 Å². The molecule has 8 nitrogen and oxygen atoms in total. The Morgan fingerprint density at radius 2 is 1.83 bits per heavy atom. The number of nitrogens with one attached hydrogen (secondary N) is 2. The number of anilines is 1. The number of urea groups is 1. The highest BCUT2D eigenvalue weighted by Crippen LogP contribution is 2.31. The highest BCUT2D eigenvalue weighted by Gasteiger charge is 2.35. The number of rotatable bonds is 8. The molecule has 1 saturated heterocycles. The highest BCUT2D eigenvalue weighted by atomic mass is 19.1. The molecule has 2 heterocycles. The van der Waals surface area contributed by atoms with Crippen LogP contribution in [0.5, 0.6) is 5.75 Å². The fourth-order valence-electron chi connectivity index (χ4n) is 4.50. The summed E-state index contributed by atoms with van der Waals surface area (Å²) in [6, 6.07) is 12.6. The molecule has 0 bridgehead atoms. The van der Waals surface area contributed by atoms with E-state index in [0.29, 0.717) is 30.0 Å². The number of hydrogen-bond acceptors (Lipinski definition) is 6. The van der Waals surface area contributed by atoms with Gasteiger partial charge in [0.25, 0.3) is 0 Å². The van der Waals surface area contributed by atoms with E-state index in [1.807, 2.05) is 25.1 Å². The first-order valence-corrected chi connectivity index (χ1v) is 11.9. The number of esters is 1. The first-order chi connectivity index (χ1) is 17.0. The van der Waals surface area contributed by atoms with Crippen LogP contribution in [-0.2, 0) is 9.53 Å². The minimum absolute atomic E-state index is 0.192. The highest BCUT2D eigenvalue weighted by molar-refractivity contribution is 5.95. The number of piperazine rings is 1. The molecule has 186 valence electrons. The predicted molar refractivity (Wildman–Crippen MR) is 131 cm³/mol. The van der Waals surface area contributed by atoms with Gasteiger partial charge in [0.2, 0.25) is 0 Å². The van der Waals surface area contributed by atoms with Gasteiger partial charge in [-0.1, -0.05) is 24.3 Å². The number of carbonyl (C=O) groups excluding carboxylic acids is 2. The van der Waals surface area contributed by atoms with Crippen LogP contribution in [0, 0.1) is 5.82 Å². The van der Waals surface area contributed by atoms with E-state index in [4.69, 9.17) is 9.47 Å². The molecule has 4 rings (SSSR count). The van der Waals surface area contributed by atoms with E-state index in [2.05, 4.69) is 26.5 Å². The van der Waals surface area contributed by atoms with Crippen LogP contribution in [0.15, 0.2) is 59.8 Å². The average molecular weight is 483 g/mol. The van der Waals surface area contributed by atoms with Crippen LogP contribution < -0.4 is 20.3 Å². The molecular formula is C26H31FN4O4. The lowest BCUT2D eigenvalue weighted by atomic mass is 9.94. The Bertz CT molecular complexity index is 1100. The summed E-state index contributed by atoms with van der Waals surface area (Å²) in [5.74, 6) is -0.114. The lowest BCUT2D eigenvalue weighted by Gasteiger charge is -2.38. The zero-order valence-corrected chi connectivity index (χ0v) is 20.1. The molecule has 2 amide bonds. The topological polar surface area (TPSA) is 83.1 Å². The minimum Gasteiger partial charge on any atom is -0.492 e. The van der Waals surface area contributed by atoms with Gasteiger partial charge in [0.1, 0.15) is 11.6 Å². The summed E-state index contributed by atoms with van der Waals surface area (Å²) in [5, 5.41) is 5.54. The van der Waals surface area contributed by atoms with Crippen molar-refractivity contribution in [3.63, 3.8) is 0 Å². The second kappa shape index (κ2) is 11.2. The summed E-state index contributed by atoms with van der Waals surface area (Å²) in [5.41, 5.74) is 2.31. The van der Waals surface area contributed by atoms with Crippen molar-refractivity contribution in [2.45, 2.75) is 19.9 Å². The first kappa shape index (κ1) is 24.5. The average Bonchev–Trinajstić information content (AvgIpc) is 2.85. The lowest BCUT2D eigenvalue weighted by molar-refractivity contribution is -0.139. The number of halogens is 1. The van der Waals surface area contributed by atoms with Crippen LogP contribution in [0.4, 0.5) is 14.9 Å². The molecule has 0 radical (unpaired) electrons. The molecule has 2 aromatic carbocycles. The van der Waals surface area contributed by atoms with Gasteiger partial charge < -0.3 is 25.0 Å². The molecule has 9 heteroatoms. The summed E-state index contributed by atoms with van der Waals surface area (Å²) < 4.78 is 25.0. The van der Waals surface area contributed by atoms with Crippen molar-refractivity contribution in [2.75, 3.05) is 50.8 Å². The number of amides is 2. The van der Waals surface area contributed by atoms with Crippen LogP contribution in [0.1, 0.15) is 25.5 Å². The smallest absolute Gasteiger partial charge is 0.338 e. The van der Waals surface area contributed by atoms with E-state index >= 15 is 0 Å². The molecule has 0 saturated carbocycles. The lowest BCUT2D eigenvalue weighted by Crippen LogP contribution is -2.51. The van der Waals surface area contributed by atoms with Crippen molar-refractivity contribution >= 4 is 17.7 Å². The van der Waals surface area contributed by atoms with Gasteiger partial charge in [0.15, 0.2) is 0 Å². The van der Waals surface area contributed by atoms with Gasteiger partial charge in [0, 0.05) is 38.4 Å². The number of para-hydroxylation sites is 2. The molecular weight excluding hydrogens is 451 g/mol. The summed E-state index contributed by atoms with van der Waals surface area (Å²) in [7, 11) is 0. The normalized spacial score (nSPS) is 18.7. The number of hydrogen-bond donors (Lipinski definition) is 2. The van der Waals surface area contributed by atoms with E-state index in [1.165, 1.54) is 12.1 Å². The van der Waals surface area contributed by atoms with Crippen molar-refractivity contribution in [2.24, 2.45) is 0 Å². The number of ether oxygens (including phenoxy) is 2. The summed E-state index contributed by atoms with van der Waals surface area (Å²) in [6.07, 6.45) is 0. The standard InChI is InChI=1S/C26H31FN4O4/c1-3-34-22-11-6-5-10-21(22)31-14-12-30(13-15-31)17-20-23(25(32)35-4-2)24(29-26(33)28-20)18-8-7-9-19(27)16-18/h5-11,16,24H,3-4,12-15,17H2,1-2H3,(H2,28,29,33). The maximum Gasteiger partial charge on any atom is 0.338 e. The monoisotopic (exact) mass is 482 g/mol. The van der Waals surface area contributed by atoms with Crippen molar-refractivity contribution in [3.8, 4) is 5.75 Å². The molecule has 1 fully saturated rings. The molecule has 35 heavy (non-hydrogen) atoms. The zero-order chi connectivity index (χ0) is 24.8. The third-order valence-electron chi connectivity index (χ3n) is 6.09. The van der Waals surface area contributed by atoms with E-state index in [9.17, 15) is 14.0 Å². The fraction of sp³-hybridized carbons (Fsp3) is 0.385. The van der Waals surface area contributed by atoms with E-state index in [-0.39, 0.29) is 6.61 Å². The molecule has 2 aliphatic heterocycles. The summed E-state index contributed by atoms with van der Waals surface area (Å²) in [4.78, 5) is 29.9. The minimum atomic E-state index is -0.798. The van der Waals surface area contributed by atoms with Gasteiger partial charge in [0.05, 0.1) is 30.5 Å². The molecule has 0 aromatic heterocycles. The predicted octanol–water partition coefficient (Wildman–Crippen LogP) is 3.22. The Kier molecular flexibility index (Phi) is 7.87. The van der Waals surface area contributed by atoms with Gasteiger partial charge in [-0.25, -0.2) is 14.0 Å². The van der Waals surface area contributed by atoms with Gasteiger partial charge >= 0.3 is 12.0 Å². The number of benzene rings is 2. The molecule has 0 spiro atoms. The van der Waals surface area contributed by atoms with Crippen molar-refractivity contribution in [1.82, 2.24) is 15.5 Å². The summed E-state index contributed by atoms with van der Waals surface area (Å²) in [6.45, 7) is 7.85. The zero-order valence-electron chi connectivity index (χ0n) is 20.1. The Morgan fingerprint density at radius 3 is 2.54 bits per heavy atom. The second-order valence-electron chi connectivity index (χ2n) is 8.36. The maximum atomic E-state index is 13.9. The van der Waals surface area contributed by atoms with Gasteiger partial charge in [-0.2, -0.15) is 0 Å². The first-order valence-electron chi connectivity index (χ1n) is 11.9. The van der Waals surface area contributed by atoms with Gasteiger partial charge in [-0.15, -0.1) is 0 Å².